The van der Waals surface area contributed by atoms with Gasteiger partial charge < -0.3 is 14.9 Å². The van der Waals surface area contributed by atoms with Gasteiger partial charge in [-0.05, 0) is 38.2 Å². The minimum absolute atomic E-state index is 0.0413. The summed E-state index contributed by atoms with van der Waals surface area (Å²) in [6.07, 6.45) is 0.979. The third-order valence-electron chi connectivity index (χ3n) is 3.25. The van der Waals surface area contributed by atoms with Crippen molar-refractivity contribution in [3.05, 3.63) is 29.6 Å². The van der Waals surface area contributed by atoms with Gasteiger partial charge in [0.2, 0.25) is 0 Å². The second-order valence-electron chi connectivity index (χ2n) is 4.61. The molecule has 1 aliphatic heterocycles. The van der Waals surface area contributed by atoms with Crippen molar-refractivity contribution in [3.8, 4) is 0 Å². The zero-order valence-electron chi connectivity index (χ0n) is 10.4. The Balaban J connectivity index is 2.29. The fourth-order valence-electron chi connectivity index (χ4n) is 2.24. The van der Waals surface area contributed by atoms with Crippen molar-refractivity contribution >= 4 is 11.7 Å². The monoisotopic (exact) mass is 252 g/mol. The molecule has 0 bridgehead atoms. The molecule has 18 heavy (non-hydrogen) atoms. The van der Waals surface area contributed by atoms with Crippen molar-refractivity contribution in [2.24, 2.45) is 0 Å². The molecule has 0 unspecified atom stereocenters. The topological polar surface area (TPSA) is 43.8 Å². The van der Waals surface area contributed by atoms with E-state index >= 15 is 0 Å². The lowest BCUT2D eigenvalue weighted by molar-refractivity contribution is 0.0697. The van der Waals surface area contributed by atoms with Crippen LogP contribution in [0.2, 0.25) is 0 Å². The van der Waals surface area contributed by atoms with Crippen LogP contribution in [0, 0.1) is 5.82 Å². The summed E-state index contributed by atoms with van der Waals surface area (Å²) in [6.45, 7) is 3.45. The molecule has 2 rings (SSSR count). The van der Waals surface area contributed by atoms with Crippen LogP contribution >= 0.6 is 0 Å². The summed E-state index contributed by atoms with van der Waals surface area (Å²) in [5.74, 6) is -1.59. The van der Waals surface area contributed by atoms with Gasteiger partial charge in [0.25, 0.3) is 0 Å². The van der Waals surface area contributed by atoms with Gasteiger partial charge >= 0.3 is 5.97 Å². The van der Waals surface area contributed by atoms with Crippen molar-refractivity contribution in [1.82, 2.24) is 4.90 Å². The van der Waals surface area contributed by atoms with E-state index in [2.05, 4.69) is 4.90 Å². The quantitative estimate of drug-likeness (QED) is 0.869. The molecule has 0 aromatic heterocycles. The average Bonchev–Trinajstić information content (AvgIpc) is 2.54. The smallest absolute Gasteiger partial charge is 0.337 e. The number of nitrogens with zero attached hydrogens (tertiary/aromatic N) is 2. The third-order valence-corrected chi connectivity index (χ3v) is 3.25. The molecule has 1 saturated heterocycles. The number of carboxylic acids is 1. The Bertz CT molecular complexity index is 451. The number of hydrogen-bond donors (Lipinski definition) is 1. The molecule has 1 aromatic rings. The maximum atomic E-state index is 13.1. The number of benzene rings is 1. The van der Waals surface area contributed by atoms with Gasteiger partial charge in [-0.2, -0.15) is 0 Å². The molecule has 4 nitrogen and oxygen atoms in total. The number of rotatable bonds is 2. The van der Waals surface area contributed by atoms with Crippen LogP contribution in [0.5, 0.6) is 0 Å². The van der Waals surface area contributed by atoms with Gasteiger partial charge in [0, 0.05) is 19.6 Å². The van der Waals surface area contributed by atoms with Gasteiger partial charge in [0.1, 0.15) is 5.82 Å². The number of carbonyl (C=O) groups is 1. The summed E-state index contributed by atoms with van der Waals surface area (Å²) < 4.78 is 13.1. The molecule has 1 N–H and O–H groups in total. The van der Waals surface area contributed by atoms with Crippen LogP contribution in [-0.4, -0.2) is 49.2 Å². The molecular formula is C13H17FN2O2. The zero-order chi connectivity index (χ0) is 13.1. The predicted molar refractivity (Wildman–Crippen MR) is 67.7 cm³/mol. The molecule has 0 aliphatic carbocycles. The van der Waals surface area contributed by atoms with Crippen LogP contribution in [0.3, 0.4) is 0 Å². The summed E-state index contributed by atoms with van der Waals surface area (Å²) in [6, 6.07) is 3.97. The van der Waals surface area contributed by atoms with E-state index in [0.717, 1.165) is 38.7 Å². The maximum Gasteiger partial charge on any atom is 0.337 e. The van der Waals surface area contributed by atoms with E-state index in [9.17, 15) is 9.18 Å². The Hall–Kier alpha value is -1.62. The van der Waals surface area contributed by atoms with Crippen molar-refractivity contribution in [3.63, 3.8) is 0 Å². The number of likely N-dealkylation sites (N-methyl/N-ethyl adjacent to an activating group) is 1. The lowest BCUT2D eigenvalue weighted by Crippen LogP contribution is -2.30. The summed E-state index contributed by atoms with van der Waals surface area (Å²) in [5.41, 5.74) is 0.652. The number of aromatic carboxylic acids is 1. The fraction of sp³-hybridized carbons (Fsp3) is 0.462. The Morgan fingerprint density at radius 1 is 1.28 bits per heavy atom. The highest BCUT2D eigenvalue weighted by molar-refractivity contribution is 5.94. The Labute approximate surface area is 106 Å². The summed E-state index contributed by atoms with van der Waals surface area (Å²) in [4.78, 5) is 15.4. The van der Waals surface area contributed by atoms with Crippen molar-refractivity contribution < 1.29 is 14.3 Å². The minimum atomic E-state index is -1.08. The van der Waals surface area contributed by atoms with E-state index in [0.29, 0.717) is 5.69 Å². The Morgan fingerprint density at radius 2 is 2.06 bits per heavy atom. The predicted octanol–water partition coefficient (Wildman–Crippen LogP) is 1.67. The molecule has 1 aliphatic rings. The largest absolute Gasteiger partial charge is 0.478 e. The van der Waals surface area contributed by atoms with Gasteiger partial charge in [-0.3, -0.25) is 0 Å². The van der Waals surface area contributed by atoms with E-state index in [-0.39, 0.29) is 5.56 Å². The Kier molecular flexibility index (Phi) is 3.81. The number of halogens is 1. The van der Waals surface area contributed by atoms with Gasteiger partial charge in [0.05, 0.1) is 11.3 Å². The lowest BCUT2D eigenvalue weighted by Gasteiger charge is -2.24. The minimum Gasteiger partial charge on any atom is -0.478 e. The molecule has 1 aromatic carbocycles. The molecule has 0 radical (unpaired) electrons. The molecule has 1 heterocycles. The van der Waals surface area contributed by atoms with Crippen LogP contribution in [0.1, 0.15) is 16.8 Å². The van der Waals surface area contributed by atoms with Crippen LogP contribution in [0.4, 0.5) is 10.1 Å². The average molecular weight is 252 g/mol. The van der Waals surface area contributed by atoms with E-state index in [4.69, 9.17) is 5.11 Å². The molecule has 0 spiro atoms. The third kappa shape index (κ3) is 2.79. The molecule has 98 valence electrons. The first-order chi connectivity index (χ1) is 8.58. The van der Waals surface area contributed by atoms with Gasteiger partial charge in [-0.15, -0.1) is 0 Å². The van der Waals surface area contributed by atoms with E-state index in [1.807, 2.05) is 11.9 Å². The first kappa shape index (κ1) is 12.8. The van der Waals surface area contributed by atoms with E-state index < -0.39 is 11.8 Å². The molecular weight excluding hydrogens is 235 g/mol. The second kappa shape index (κ2) is 5.35. The van der Waals surface area contributed by atoms with Crippen molar-refractivity contribution in [2.45, 2.75) is 6.42 Å². The number of hydrogen-bond acceptors (Lipinski definition) is 3. The van der Waals surface area contributed by atoms with Gasteiger partial charge in [-0.25, -0.2) is 9.18 Å². The normalized spacial score (nSPS) is 17.6. The Morgan fingerprint density at radius 3 is 2.78 bits per heavy atom. The molecule has 0 amide bonds. The van der Waals surface area contributed by atoms with Gasteiger partial charge in [0.15, 0.2) is 0 Å². The number of anilines is 1. The highest BCUT2D eigenvalue weighted by Crippen LogP contribution is 2.23. The number of carboxylic acid groups (broad SMARTS) is 1. The molecule has 1 fully saturated rings. The van der Waals surface area contributed by atoms with Crippen LogP contribution in [0.25, 0.3) is 0 Å². The highest BCUT2D eigenvalue weighted by atomic mass is 19.1. The summed E-state index contributed by atoms with van der Waals surface area (Å²) in [7, 11) is 2.05. The molecule has 0 atom stereocenters. The van der Waals surface area contributed by atoms with Crippen molar-refractivity contribution in [2.75, 3.05) is 38.1 Å². The fourth-order valence-corrected chi connectivity index (χ4v) is 2.24. The summed E-state index contributed by atoms with van der Waals surface area (Å²) >= 11 is 0. The SMILES string of the molecule is CN1CCCN(c2ccc(F)cc2C(=O)O)CC1. The van der Waals surface area contributed by atoms with Crippen LogP contribution in [-0.2, 0) is 0 Å². The van der Waals surface area contributed by atoms with Gasteiger partial charge in [-0.1, -0.05) is 0 Å². The van der Waals surface area contributed by atoms with Crippen LogP contribution < -0.4 is 4.90 Å². The zero-order valence-corrected chi connectivity index (χ0v) is 10.4. The summed E-state index contributed by atoms with van der Waals surface area (Å²) in [5, 5.41) is 9.14. The highest BCUT2D eigenvalue weighted by Gasteiger charge is 2.19. The lowest BCUT2D eigenvalue weighted by atomic mass is 10.1. The standard InChI is InChI=1S/C13H17FN2O2/c1-15-5-2-6-16(8-7-15)12-4-3-10(14)9-11(12)13(17)18/h3-4,9H,2,5-8H2,1H3,(H,17,18). The molecule has 0 saturated carbocycles. The van der Waals surface area contributed by atoms with Crippen molar-refractivity contribution in [1.29, 1.82) is 0 Å². The second-order valence-corrected chi connectivity index (χ2v) is 4.61. The first-order valence-electron chi connectivity index (χ1n) is 6.04. The van der Waals surface area contributed by atoms with Crippen LogP contribution in [0.15, 0.2) is 18.2 Å². The molecule has 5 heteroatoms. The first-order valence-corrected chi connectivity index (χ1v) is 6.04. The van der Waals surface area contributed by atoms with E-state index in [1.54, 1.807) is 6.07 Å². The maximum absolute atomic E-state index is 13.1. The van der Waals surface area contributed by atoms with E-state index in [1.165, 1.54) is 6.07 Å².